The van der Waals surface area contributed by atoms with Crippen LogP contribution in [0.25, 0.3) is 6.08 Å². The van der Waals surface area contributed by atoms with Gasteiger partial charge < -0.3 is 24.7 Å². The van der Waals surface area contributed by atoms with E-state index in [4.69, 9.17) is 24.7 Å². The molecular weight excluding hydrogens is 332 g/mol. The lowest BCUT2D eigenvalue weighted by Crippen LogP contribution is -2.42. The number of carbonyl (C=O) groups is 3. The minimum Gasteiger partial charge on any atom is -0.493 e. The normalized spacial score (nSPS) is 11.5. The predicted octanol–water partition coefficient (Wildman–Crippen LogP) is 0.852. The predicted molar refractivity (Wildman–Crippen MR) is 88.4 cm³/mol. The van der Waals surface area contributed by atoms with Crippen molar-refractivity contribution >= 4 is 24.0 Å². The fourth-order valence-electron chi connectivity index (χ4n) is 1.85. The molecule has 0 saturated carbocycles. The van der Waals surface area contributed by atoms with Gasteiger partial charge in [0.1, 0.15) is 0 Å². The van der Waals surface area contributed by atoms with Crippen molar-refractivity contribution in [2.45, 2.75) is 13.0 Å². The molecular formula is C16H20N2O7. The van der Waals surface area contributed by atoms with Gasteiger partial charge in [0.25, 0.3) is 5.91 Å². The molecule has 0 radical (unpaired) electrons. The van der Waals surface area contributed by atoms with Gasteiger partial charge in [0.05, 0.1) is 21.3 Å². The number of hydrogen-bond acceptors (Lipinski definition) is 7. The van der Waals surface area contributed by atoms with Gasteiger partial charge in [-0.2, -0.15) is 0 Å². The third kappa shape index (κ3) is 5.72. The monoisotopic (exact) mass is 352 g/mol. The largest absolute Gasteiger partial charge is 0.493 e. The maximum atomic E-state index is 11.8. The molecule has 3 N–H and O–H groups in total. The Morgan fingerprint density at radius 2 is 1.64 bits per heavy atom. The van der Waals surface area contributed by atoms with Crippen LogP contribution in [-0.4, -0.2) is 45.3 Å². The third-order valence-electron chi connectivity index (χ3n) is 3.01. The molecule has 0 aromatic heterocycles. The van der Waals surface area contributed by atoms with E-state index in [0.29, 0.717) is 22.8 Å². The molecule has 25 heavy (non-hydrogen) atoms. The smallest absolute Gasteiger partial charge is 0.331 e. The molecule has 0 saturated heterocycles. The number of urea groups is 1. The van der Waals surface area contributed by atoms with E-state index in [-0.39, 0.29) is 0 Å². The van der Waals surface area contributed by atoms with Crippen LogP contribution in [0.3, 0.4) is 0 Å². The number of nitrogens with one attached hydrogen (secondary N) is 1. The number of hydrogen-bond donors (Lipinski definition) is 2. The van der Waals surface area contributed by atoms with Crippen LogP contribution >= 0.6 is 0 Å². The van der Waals surface area contributed by atoms with Crippen molar-refractivity contribution < 1.29 is 33.3 Å². The summed E-state index contributed by atoms with van der Waals surface area (Å²) in [6.45, 7) is 1.31. The average molecular weight is 352 g/mol. The second kappa shape index (κ2) is 9.16. The molecule has 9 nitrogen and oxygen atoms in total. The first-order valence-corrected chi connectivity index (χ1v) is 7.11. The molecule has 0 bridgehead atoms. The average Bonchev–Trinajstić information content (AvgIpc) is 2.58. The van der Waals surface area contributed by atoms with E-state index in [9.17, 15) is 14.4 Å². The highest BCUT2D eigenvalue weighted by Gasteiger charge is 2.18. The maximum absolute atomic E-state index is 11.8. The fraction of sp³-hybridized carbons (Fsp3) is 0.312. The summed E-state index contributed by atoms with van der Waals surface area (Å²) in [4.78, 5) is 33.8. The van der Waals surface area contributed by atoms with Crippen LogP contribution in [0.1, 0.15) is 12.5 Å². The van der Waals surface area contributed by atoms with Crippen molar-refractivity contribution in [3.63, 3.8) is 0 Å². The van der Waals surface area contributed by atoms with Crippen molar-refractivity contribution in [3.8, 4) is 17.2 Å². The lowest BCUT2D eigenvalue weighted by Gasteiger charge is -2.13. The Hall–Kier alpha value is -3.23. The Labute approximate surface area is 144 Å². The van der Waals surface area contributed by atoms with Crippen molar-refractivity contribution in [3.05, 3.63) is 23.8 Å². The summed E-state index contributed by atoms with van der Waals surface area (Å²) in [6.07, 6.45) is 1.39. The van der Waals surface area contributed by atoms with Gasteiger partial charge in [-0.3, -0.25) is 10.1 Å². The maximum Gasteiger partial charge on any atom is 0.331 e. The number of esters is 1. The van der Waals surface area contributed by atoms with Gasteiger partial charge in [0, 0.05) is 6.08 Å². The Kier molecular flexibility index (Phi) is 7.26. The van der Waals surface area contributed by atoms with Crippen molar-refractivity contribution in [1.82, 2.24) is 5.32 Å². The molecule has 0 heterocycles. The molecule has 1 aromatic rings. The van der Waals surface area contributed by atoms with Gasteiger partial charge in [-0.25, -0.2) is 9.59 Å². The molecule has 3 amide bonds. The van der Waals surface area contributed by atoms with Gasteiger partial charge in [0.15, 0.2) is 17.6 Å². The van der Waals surface area contributed by atoms with Crippen LogP contribution in [0.4, 0.5) is 4.79 Å². The number of methoxy groups -OCH3 is 3. The van der Waals surface area contributed by atoms with E-state index in [1.165, 1.54) is 34.3 Å². The van der Waals surface area contributed by atoms with E-state index in [1.54, 1.807) is 12.1 Å². The Balaban J connectivity index is 2.85. The molecule has 1 atom stereocenters. The Bertz CT molecular complexity index is 660. The molecule has 136 valence electrons. The van der Waals surface area contributed by atoms with E-state index in [1.807, 2.05) is 5.32 Å². The summed E-state index contributed by atoms with van der Waals surface area (Å²) in [6, 6.07) is 2.24. The van der Waals surface area contributed by atoms with Crippen molar-refractivity contribution in [1.29, 1.82) is 0 Å². The molecule has 1 aromatic carbocycles. The number of amides is 3. The number of ether oxygens (including phenoxy) is 4. The summed E-state index contributed by atoms with van der Waals surface area (Å²) < 4.78 is 20.5. The molecule has 0 aliphatic carbocycles. The lowest BCUT2D eigenvalue weighted by molar-refractivity contribution is -0.149. The zero-order valence-corrected chi connectivity index (χ0v) is 14.3. The highest BCUT2D eigenvalue weighted by molar-refractivity contribution is 5.97. The summed E-state index contributed by atoms with van der Waals surface area (Å²) in [5.41, 5.74) is 5.40. The number of nitrogens with two attached hydrogens (primary N) is 1. The molecule has 0 aliphatic heterocycles. The van der Waals surface area contributed by atoms with Crippen LogP contribution in [0.15, 0.2) is 18.2 Å². The van der Waals surface area contributed by atoms with Gasteiger partial charge in [-0.15, -0.1) is 0 Å². The standard InChI is InChI=1S/C16H20N2O7/c1-9(15(20)18-16(17)21)25-13(19)6-5-10-7-11(22-2)14(24-4)12(8-10)23-3/h5-9H,1-4H3,(H3,17,18,20,21)/b6-5+/t9-/m1/s1. The second-order valence-electron chi connectivity index (χ2n) is 4.72. The van der Waals surface area contributed by atoms with E-state index >= 15 is 0 Å². The van der Waals surface area contributed by atoms with Crippen LogP contribution < -0.4 is 25.3 Å². The topological polar surface area (TPSA) is 126 Å². The van der Waals surface area contributed by atoms with E-state index in [0.717, 1.165) is 6.08 Å². The van der Waals surface area contributed by atoms with Gasteiger partial charge in [-0.1, -0.05) is 0 Å². The zero-order chi connectivity index (χ0) is 19.0. The first-order chi connectivity index (χ1) is 11.8. The Morgan fingerprint density at radius 3 is 2.08 bits per heavy atom. The summed E-state index contributed by atoms with van der Waals surface area (Å²) in [5, 5.41) is 1.82. The minimum absolute atomic E-state index is 0.418. The molecule has 0 aliphatic rings. The summed E-state index contributed by atoms with van der Waals surface area (Å²) in [7, 11) is 4.42. The minimum atomic E-state index is -1.18. The molecule has 0 fully saturated rings. The molecule has 0 unspecified atom stereocenters. The molecule has 0 spiro atoms. The summed E-state index contributed by atoms with van der Waals surface area (Å²) in [5.74, 6) is -0.336. The quantitative estimate of drug-likeness (QED) is 0.550. The number of carbonyl (C=O) groups excluding carboxylic acids is 3. The van der Waals surface area contributed by atoms with Crippen LogP contribution in [0, 0.1) is 0 Å². The van der Waals surface area contributed by atoms with Crippen LogP contribution in [0.2, 0.25) is 0 Å². The van der Waals surface area contributed by atoms with Gasteiger partial charge in [-0.05, 0) is 30.7 Å². The lowest BCUT2D eigenvalue weighted by atomic mass is 10.1. The number of primary amides is 1. The van der Waals surface area contributed by atoms with E-state index in [2.05, 4.69) is 0 Å². The van der Waals surface area contributed by atoms with Crippen LogP contribution in [-0.2, 0) is 14.3 Å². The Morgan fingerprint density at radius 1 is 1.08 bits per heavy atom. The van der Waals surface area contributed by atoms with Gasteiger partial charge >= 0.3 is 12.0 Å². The second-order valence-corrected chi connectivity index (χ2v) is 4.72. The SMILES string of the molecule is COc1cc(/C=C/C(=O)O[C@H](C)C(=O)NC(N)=O)cc(OC)c1OC. The number of rotatable bonds is 7. The van der Waals surface area contributed by atoms with Gasteiger partial charge in [0.2, 0.25) is 5.75 Å². The highest BCUT2D eigenvalue weighted by Crippen LogP contribution is 2.38. The number of imide groups is 1. The van der Waals surface area contributed by atoms with Crippen LogP contribution in [0.5, 0.6) is 17.2 Å². The number of benzene rings is 1. The zero-order valence-electron chi connectivity index (χ0n) is 14.3. The molecule has 1 rings (SSSR count). The fourth-order valence-corrected chi connectivity index (χ4v) is 1.85. The third-order valence-corrected chi connectivity index (χ3v) is 3.01. The first-order valence-electron chi connectivity index (χ1n) is 7.11. The highest BCUT2D eigenvalue weighted by atomic mass is 16.5. The molecule has 9 heteroatoms. The first kappa shape index (κ1) is 19.8. The van der Waals surface area contributed by atoms with E-state index < -0.39 is 24.0 Å². The van der Waals surface area contributed by atoms with Crippen molar-refractivity contribution in [2.24, 2.45) is 5.73 Å². The van der Waals surface area contributed by atoms with Crippen molar-refractivity contribution in [2.75, 3.05) is 21.3 Å². The summed E-state index contributed by atoms with van der Waals surface area (Å²) >= 11 is 0.